The molecule has 0 unspecified atom stereocenters. The Morgan fingerprint density at radius 3 is 2.50 bits per heavy atom. The van der Waals surface area contributed by atoms with Crippen molar-refractivity contribution in [3.63, 3.8) is 0 Å². The topological polar surface area (TPSA) is 52.6 Å². The van der Waals surface area contributed by atoms with Gasteiger partial charge in [-0.05, 0) is 53.5 Å². The predicted octanol–water partition coefficient (Wildman–Crippen LogP) is 5.78. The highest BCUT2D eigenvalue weighted by Crippen LogP contribution is 2.35. The quantitative estimate of drug-likeness (QED) is 0.315. The SMILES string of the molecule is CC(C)c1ccc(/C=C2\Oc3cc(OC(=O)c4cccc(F)c4)ccc3C2=O)cc1. The second-order valence-corrected chi connectivity index (χ2v) is 7.32. The zero-order valence-electron chi connectivity index (χ0n) is 16.5. The van der Waals surface area contributed by atoms with E-state index in [-0.39, 0.29) is 22.9 Å². The molecule has 0 fully saturated rings. The molecule has 0 N–H and O–H groups in total. The summed E-state index contributed by atoms with van der Waals surface area (Å²) in [5.74, 6) is -0.304. The summed E-state index contributed by atoms with van der Waals surface area (Å²) < 4.78 is 24.3. The van der Waals surface area contributed by atoms with Gasteiger partial charge in [-0.1, -0.05) is 44.2 Å². The lowest BCUT2D eigenvalue weighted by Gasteiger charge is -2.06. The molecule has 4 nitrogen and oxygen atoms in total. The standard InChI is InChI=1S/C25H19FO4/c1-15(2)17-8-6-16(7-9-17)12-23-24(27)21-11-10-20(14-22(21)30-23)29-25(28)18-4-3-5-19(26)13-18/h3-15H,1-2H3/b23-12-. The normalized spacial score (nSPS) is 14.0. The maximum Gasteiger partial charge on any atom is 0.343 e. The van der Waals surface area contributed by atoms with Crippen molar-refractivity contribution in [2.45, 2.75) is 19.8 Å². The van der Waals surface area contributed by atoms with Crippen LogP contribution in [-0.4, -0.2) is 11.8 Å². The fourth-order valence-electron chi connectivity index (χ4n) is 3.14. The van der Waals surface area contributed by atoms with Gasteiger partial charge in [-0.3, -0.25) is 4.79 Å². The van der Waals surface area contributed by atoms with Crippen molar-refractivity contribution in [1.82, 2.24) is 0 Å². The van der Waals surface area contributed by atoms with E-state index in [2.05, 4.69) is 13.8 Å². The van der Waals surface area contributed by atoms with Crippen LogP contribution in [-0.2, 0) is 0 Å². The smallest absolute Gasteiger partial charge is 0.343 e. The Morgan fingerprint density at radius 2 is 1.80 bits per heavy atom. The molecule has 1 aliphatic heterocycles. The fourth-order valence-corrected chi connectivity index (χ4v) is 3.14. The molecule has 3 aromatic rings. The number of esters is 1. The molecule has 150 valence electrons. The number of rotatable bonds is 4. The second kappa shape index (κ2) is 7.95. The maximum atomic E-state index is 13.3. The number of hydrogen-bond acceptors (Lipinski definition) is 4. The van der Waals surface area contributed by atoms with Crippen molar-refractivity contribution in [2.24, 2.45) is 0 Å². The van der Waals surface area contributed by atoms with E-state index in [9.17, 15) is 14.0 Å². The largest absolute Gasteiger partial charge is 0.452 e. The van der Waals surface area contributed by atoms with Crippen LogP contribution in [0.4, 0.5) is 4.39 Å². The summed E-state index contributed by atoms with van der Waals surface area (Å²) in [6.45, 7) is 4.23. The highest BCUT2D eigenvalue weighted by atomic mass is 19.1. The summed E-state index contributed by atoms with van der Waals surface area (Å²) in [6.07, 6.45) is 1.69. The third kappa shape index (κ3) is 4.01. The van der Waals surface area contributed by atoms with Crippen molar-refractivity contribution in [3.05, 3.63) is 101 Å². The molecule has 1 heterocycles. The lowest BCUT2D eigenvalue weighted by molar-refractivity contribution is 0.0734. The first kappa shape index (κ1) is 19.6. The molecule has 5 heteroatoms. The Balaban J connectivity index is 1.53. The molecule has 0 saturated carbocycles. The third-order valence-electron chi connectivity index (χ3n) is 4.81. The Kier molecular flexibility index (Phi) is 5.19. The molecule has 30 heavy (non-hydrogen) atoms. The molecule has 0 bridgehead atoms. The minimum absolute atomic E-state index is 0.0953. The Morgan fingerprint density at radius 1 is 1.03 bits per heavy atom. The molecule has 3 aromatic carbocycles. The molecule has 0 amide bonds. The predicted molar refractivity (Wildman–Crippen MR) is 111 cm³/mol. The lowest BCUT2D eigenvalue weighted by Crippen LogP contribution is -2.08. The average Bonchev–Trinajstić information content (AvgIpc) is 3.03. The van der Waals surface area contributed by atoms with Gasteiger partial charge in [0.25, 0.3) is 0 Å². The summed E-state index contributed by atoms with van der Waals surface area (Å²) in [7, 11) is 0. The van der Waals surface area contributed by atoms with Crippen molar-refractivity contribution >= 4 is 17.8 Å². The molecule has 4 rings (SSSR count). The van der Waals surface area contributed by atoms with E-state index in [1.165, 1.54) is 35.9 Å². The van der Waals surface area contributed by atoms with E-state index in [4.69, 9.17) is 9.47 Å². The zero-order valence-corrected chi connectivity index (χ0v) is 16.5. The summed E-state index contributed by atoms with van der Waals surface area (Å²) in [5.41, 5.74) is 2.56. The first-order valence-corrected chi connectivity index (χ1v) is 9.57. The molecule has 0 saturated heterocycles. The number of carbonyl (C=O) groups is 2. The number of hydrogen-bond donors (Lipinski definition) is 0. The second-order valence-electron chi connectivity index (χ2n) is 7.32. The highest BCUT2D eigenvalue weighted by molar-refractivity contribution is 6.14. The number of Topliss-reactive ketones (excluding diaryl/α,β-unsaturated/α-hetero) is 1. The molecule has 0 aliphatic carbocycles. The molecular weight excluding hydrogens is 383 g/mol. The minimum atomic E-state index is -0.695. The van der Waals surface area contributed by atoms with Crippen LogP contribution >= 0.6 is 0 Å². The Bertz CT molecular complexity index is 1160. The van der Waals surface area contributed by atoms with E-state index in [1.807, 2.05) is 24.3 Å². The van der Waals surface area contributed by atoms with Crippen molar-refractivity contribution in [2.75, 3.05) is 0 Å². The Hall–Kier alpha value is -3.73. The molecule has 0 aromatic heterocycles. The van der Waals surface area contributed by atoms with Crippen LogP contribution in [0.25, 0.3) is 6.08 Å². The van der Waals surface area contributed by atoms with Gasteiger partial charge in [-0.15, -0.1) is 0 Å². The maximum absolute atomic E-state index is 13.3. The first-order chi connectivity index (χ1) is 14.4. The van der Waals surface area contributed by atoms with Gasteiger partial charge in [0, 0.05) is 6.07 Å². The van der Waals surface area contributed by atoms with Crippen LogP contribution in [0.15, 0.2) is 72.5 Å². The number of allylic oxidation sites excluding steroid dienone is 1. The molecule has 0 radical (unpaired) electrons. The van der Waals surface area contributed by atoms with Gasteiger partial charge >= 0.3 is 5.97 Å². The van der Waals surface area contributed by atoms with Crippen molar-refractivity contribution in [3.8, 4) is 11.5 Å². The van der Waals surface area contributed by atoms with E-state index >= 15 is 0 Å². The molecule has 1 aliphatic rings. The van der Waals surface area contributed by atoms with E-state index < -0.39 is 11.8 Å². The van der Waals surface area contributed by atoms with Crippen LogP contribution < -0.4 is 9.47 Å². The van der Waals surface area contributed by atoms with Gasteiger partial charge in [-0.25, -0.2) is 9.18 Å². The van der Waals surface area contributed by atoms with Gasteiger partial charge in [0.15, 0.2) is 5.76 Å². The van der Waals surface area contributed by atoms with E-state index in [0.717, 1.165) is 11.6 Å². The zero-order chi connectivity index (χ0) is 21.3. The summed E-state index contributed by atoms with van der Waals surface area (Å²) in [6, 6.07) is 17.7. The number of carbonyl (C=O) groups excluding carboxylic acids is 2. The summed E-state index contributed by atoms with van der Waals surface area (Å²) in [5, 5.41) is 0. The van der Waals surface area contributed by atoms with Gasteiger partial charge in [0.2, 0.25) is 5.78 Å². The number of halogens is 1. The van der Waals surface area contributed by atoms with Crippen molar-refractivity contribution < 1.29 is 23.5 Å². The monoisotopic (exact) mass is 402 g/mol. The third-order valence-corrected chi connectivity index (χ3v) is 4.81. The number of ether oxygens (including phenoxy) is 2. The van der Waals surface area contributed by atoms with Gasteiger partial charge < -0.3 is 9.47 Å². The van der Waals surface area contributed by atoms with Gasteiger partial charge in [0.1, 0.15) is 17.3 Å². The van der Waals surface area contributed by atoms with Crippen LogP contribution in [0.5, 0.6) is 11.5 Å². The van der Waals surface area contributed by atoms with Crippen LogP contribution in [0.1, 0.15) is 51.6 Å². The van der Waals surface area contributed by atoms with Crippen LogP contribution in [0.2, 0.25) is 0 Å². The number of benzene rings is 3. The molecule has 0 atom stereocenters. The Labute approximate surface area is 173 Å². The molecule has 0 spiro atoms. The van der Waals surface area contributed by atoms with E-state index in [1.54, 1.807) is 12.1 Å². The highest BCUT2D eigenvalue weighted by Gasteiger charge is 2.28. The van der Waals surface area contributed by atoms with Gasteiger partial charge in [0.05, 0.1) is 11.1 Å². The minimum Gasteiger partial charge on any atom is -0.452 e. The summed E-state index contributed by atoms with van der Waals surface area (Å²) >= 11 is 0. The summed E-state index contributed by atoms with van der Waals surface area (Å²) in [4.78, 5) is 24.8. The number of fused-ring (bicyclic) bond motifs is 1. The molecular formula is C25H19FO4. The average molecular weight is 402 g/mol. The van der Waals surface area contributed by atoms with Crippen molar-refractivity contribution in [1.29, 1.82) is 0 Å². The van der Waals surface area contributed by atoms with E-state index in [0.29, 0.717) is 17.2 Å². The fraction of sp³-hybridized carbons (Fsp3) is 0.120. The lowest BCUT2D eigenvalue weighted by atomic mass is 10.0. The van der Waals surface area contributed by atoms with Gasteiger partial charge in [-0.2, -0.15) is 0 Å². The van der Waals surface area contributed by atoms with Crippen LogP contribution in [0, 0.1) is 5.82 Å². The number of ketones is 1. The first-order valence-electron chi connectivity index (χ1n) is 9.57. The van der Waals surface area contributed by atoms with Crippen LogP contribution in [0.3, 0.4) is 0 Å².